The van der Waals surface area contributed by atoms with Crippen LogP contribution in [0.2, 0.25) is 0 Å². The molecule has 0 saturated heterocycles. The maximum Gasteiger partial charge on any atom is 0.320 e. The standard InChI is InChI=1S/C10H9BrFNO4/c11-5-2-7-9(17-3-16-7)8(12)4(5)1-6(13)10(14)15/h2,6H,1,3,13H2,(H,14,15). The van der Waals surface area contributed by atoms with E-state index in [1.807, 2.05) is 0 Å². The number of ether oxygens (including phenoxy) is 2. The molecule has 1 aromatic rings. The number of fused-ring (bicyclic) bond motifs is 1. The van der Waals surface area contributed by atoms with Gasteiger partial charge < -0.3 is 20.3 Å². The van der Waals surface area contributed by atoms with E-state index in [1.54, 1.807) is 0 Å². The minimum Gasteiger partial charge on any atom is -0.480 e. The van der Waals surface area contributed by atoms with E-state index >= 15 is 0 Å². The highest BCUT2D eigenvalue weighted by Crippen LogP contribution is 2.40. The van der Waals surface area contributed by atoms with Gasteiger partial charge in [-0.15, -0.1) is 0 Å². The number of nitrogens with two attached hydrogens (primary N) is 1. The van der Waals surface area contributed by atoms with Gasteiger partial charge in [0.25, 0.3) is 0 Å². The van der Waals surface area contributed by atoms with Crippen molar-refractivity contribution in [2.24, 2.45) is 5.73 Å². The summed E-state index contributed by atoms with van der Waals surface area (Å²) in [5.74, 6) is -1.53. The molecule has 1 aromatic carbocycles. The largest absolute Gasteiger partial charge is 0.480 e. The average molecular weight is 306 g/mol. The lowest BCUT2D eigenvalue weighted by Gasteiger charge is -2.11. The van der Waals surface area contributed by atoms with Crippen LogP contribution in [-0.2, 0) is 11.2 Å². The van der Waals surface area contributed by atoms with Crippen LogP contribution in [0.15, 0.2) is 10.5 Å². The first-order valence-electron chi connectivity index (χ1n) is 4.75. The summed E-state index contributed by atoms with van der Waals surface area (Å²) in [6, 6.07) is 0.371. The molecular weight excluding hydrogens is 297 g/mol. The third-order valence-corrected chi connectivity index (χ3v) is 3.10. The smallest absolute Gasteiger partial charge is 0.320 e. The fraction of sp³-hybridized carbons (Fsp3) is 0.300. The molecule has 3 N–H and O–H groups in total. The van der Waals surface area contributed by atoms with Crippen LogP contribution in [0.3, 0.4) is 0 Å². The Bertz CT molecular complexity index is 480. The summed E-state index contributed by atoms with van der Waals surface area (Å²) in [6.45, 7) is -0.0485. The molecule has 0 bridgehead atoms. The summed E-state index contributed by atoms with van der Waals surface area (Å²) in [5.41, 5.74) is 5.54. The zero-order chi connectivity index (χ0) is 12.6. The number of carboxylic acids is 1. The number of rotatable bonds is 3. The Morgan fingerprint density at radius 3 is 3.00 bits per heavy atom. The quantitative estimate of drug-likeness (QED) is 0.879. The highest BCUT2D eigenvalue weighted by atomic mass is 79.9. The van der Waals surface area contributed by atoms with Gasteiger partial charge >= 0.3 is 5.97 Å². The Hall–Kier alpha value is -1.34. The predicted octanol–water partition coefficient (Wildman–Crippen LogP) is 1.27. The van der Waals surface area contributed by atoms with Crippen LogP contribution in [0, 0.1) is 5.82 Å². The molecule has 17 heavy (non-hydrogen) atoms. The SMILES string of the molecule is NC(Cc1c(Br)cc2c(c1F)OCO2)C(=O)O. The second-order valence-electron chi connectivity index (χ2n) is 3.53. The van der Waals surface area contributed by atoms with Gasteiger partial charge in [-0.3, -0.25) is 4.79 Å². The van der Waals surface area contributed by atoms with Crippen molar-refractivity contribution in [1.82, 2.24) is 0 Å². The highest BCUT2D eigenvalue weighted by Gasteiger charge is 2.26. The first-order valence-corrected chi connectivity index (χ1v) is 5.55. The van der Waals surface area contributed by atoms with Crippen LogP contribution in [-0.4, -0.2) is 23.9 Å². The Morgan fingerprint density at radius 1 is 1.65 bits per heavy atom. The summed E-state index contributed by atoms with van der Waals surface area (Å²) < 4.78 is 24.4. The van der Waals surface area contributed by atoms with Crippen molar-refractivity contribution >= 4 is 21.9 Å². The second kappa shape index (κ2) is 4.50. The first kappa shape index (κ1) is 12.1. The van der Waals surface area contributed by atoms with Crippen molar-refractivity contribution < 1.29 is 23.8 Å². The molecular formula is C10H9BrFNO4. The summed E-state index contributed by atoms with van der Waals surface area (Å²) in [5, 5.41) is 8.70. The summed E-state index contributed by atoms with van der Waals surface area (Å²) >= 11 is 3.15. The second-order valence-corrected chi connectivity index (χ2v) is 4.39. The molecule has 2 rings (SSSR count). The van der Waals surface area contributed by atoms with Gasteiger partial charge in [0.15, 0.2) is 11.6 Å². The molecule has 92 valence electrons. The van der Waals surface area contributed by atoms with Gasteiger partial charge in [0, 0.05) is 16.5 Å². The molecule has 1 aliphatic heterocycles. The van der Waals surface area contributed by atoms with Crippen LogP contribution in [0.4, 0.5) is 4.39 Å². The minimum absolute atomic E-state index is 0.000730. The number of carboxylic acid groups (broad SMARTS) is 1. The molecule has 0 spiro atoms. The average Bonchev–Trinajstić information content (AvgIpc) is 2.71. The van der Waals surface area contributed by atoms with Gasteiger partial charge in [-0.1, -0.05) is 15.9 Å². The molecule has 0 amide bonds. The van der Waals surface area contributed by atoms with Crippen molar-refractivity contribution in [3.8, 4) is 11.5 Å². The normalized spacial score (nSPS) is 14.8. The zero-order valence-electron chi connectivity index (χ0n) is 8.57. The third kappa shape index (κ3) is 2.20. The molecule has 1 atom stereocenters. The van der Waals surface area contributed by atoms with Crippen LogP contribution >= 0.6 is 15.9 Å². The van der Waals surface area contributed by atoms with Crippen molar-refractivity contribution in [2.45, 2.75) is 12.5 Å². The van der Waals surface area contributed by atoms with Gasteiger partial charge in [-0.05, 0) is 6.07 Å². The van der Waals surface area contributed by atoms with Gasteiger partial charge in [-0.2, -0.15) is 0 Å². The molecule has 1 heterocycles. The fourth-order valence-corrected chi connectivity index (χ4v) is 2.05. The van der Waals surface area contributed by atoms with Crippen LogP contribution in [0.1, 0.15) is 5.56 Å². The van der Waals surface area contributed by atoms with E-state index in [0.717, 1.165) is 0 Å². The van der Waals surface area contributed by atoms with E-state index in [-0.39, 0.29) is 24.5 Å². The Labute approximate surface area is 104 Å². The van der Waals surface area contributed by atoms with Gasteiger partial charge in [0.1, 0.15) is 6.04 Å². The van der Waals surface area contributed by atoms with E-state index in [4.69, 9.17) is 20.3 Å². The molecule has 5 nitrogen and oxygen atoms in total. The minimum atomic E-state index is -1.19. The van der Waals surface area contributed by atoms with Crippen molar-refractivity contribution in [1.29, 1.82) is 0 Å². The van der Waals surface area contributed by atoms with Crippen LogP contribution in [0.25, 0.3) is 0 Å². The maximum atomic E-state index is 14.0. The van der Waals surface area contributed by atoms with Crippen molar-refractivity contribution in [2.75, 3.05) is 6.79 Å². The molecule has 0 fully saturated rings. The zero-order valence-corrected chi connectivity index (χ0v) is 10.2. The monoisotopic (exact) mass is 305 g/mol. The summed E-state index contributed by atoms with van der Waals surface area (Å²) in [7, 11) is 0. The van der Waals surface area contributed by atoms with E-state index in [9.17, 15) is 9.18 Å². The lowest BCUT2D eigenvalue weighted by molar-refractivity contribution is -0.138. The van der Waals surface area contributed by atoms with E-state index in [0.29, 0.717) is 10.2 Å². The Morgan fingerprint density at radius 2 is 2.35 bits per heavy atom. The molecule has 0 aromatic heterocycles. The third-order valence-electron chi connectivity index (χ3n) is 2.39. The molecule has 1 aliphatic rings. The summed E-state index contributed by atoms with van der Waals surface area (Å²) in [4.78, 5) is 10.6. The topological polar surface area (TPSA) is 81.8 Å². The van der Waals surface area contributed by atoms with Crippen LogP contribution < -0.4 is 15.2 Å². The van der Waals surface area contributed by atoms with E-state index in [1.165, 1.54) is 6.07 Å². The molecule has 0 radical (unpaired) electrons. The Kier molecular flexibility index (Phi) is 3.21. The number of carbonyl (C=O) groups is 1. The molecule has 7 heteroatoms. The lowest BCUT2D eigenvalue weighted by atomic mass is 10.1. The van der Waals surface area contributed by atoms with Crippen molar-refractivity contribution in [3.63, 3.8) is 0 Å². The number of benzene rings is 1. The Balaban J connectivity index is 2.38. The van der Waals surface area contributed by atoms with Gasteiger partial charge in [0.05, 0.1) is 0 Å². The molecule has 0 aliphatic carbocycles. The fourth-order valence-electron chi connectivity index (χ4n) is 1.51. The summed E-state index contributed by atoms with van der Waals surface area (Å²) in [6.07, 6.45) is -0.127. The van der Waals surface area contributed by atoms with Crippen LogP contribution in [0.5, 0.6) is 11.5 Å². The number of hydrogen-bond donors (Lipinski definition) is 2. The van der Waals surface area contributed by atoms with E-state index in [2.05, 4.69) is 15.9 Å². The number of aliphatic carboxylic acids is 1. The van der Waals surface area contributed by atoms with Crippen molar-refractivity contribution in [3.05, 3.63) is 21.9 Å². The molecule has 1 unspecified atom stereocenters. The van der Waals surface area contributed by atoms with E-state index < -0.39 is 17.8 Å². The number of hydrogen-bond acceptors (Lipinski definition) is 4. The lowest BCUT2D eigenvalue weighted by Crippen LogP contribution is -2.32. The molecule has 0 saturated carbocycles. The maximum absolute atomic E-state index is 14.0. The highest BCUT2D eigenvalue weighted by molar-refractivity contribution is 9.10. The predicted molar refractivity (Wildman–Crippen MR) is 59.5 cm³/mol. The van der Waals surface area contributed by atoms with Gasteiger partial charge in [-0.25, -0.2) is 4.39 Å². The van der Waals surface area contributed by atoms with Gasteiger partial charge in [0.2, 0.25) is 12.5 Å². The number of halogens is 2. The first-order chi connectivity index (χ1) is 8.00.